The Kier molecular flexibility index (Phi) is 10.4. The molecule has 0 aromatic rings. The first-order valence-corrected chi connectivity index (χ1v) is 15.8. The Labute approximate surface area is 73.6 Å². The average Bonchev–Trinajstić information content (AvgIpc) is 1.63. The first kappa shape index (κ1) is 12.9. The van der Waals surface area contributed by atoms with Gasteiger partial charge in [0.05, 0.1) is 0 Å². The third-order valence-corrected chi connectivity index (χ3v) is 30.0. The topological polar surface area (TPSA) is 0 Å². The quantitative estimate of drug-likeness (QED) is 0.546. The van der Waals surface area contributed by atoms with Gasteiger partial charge in [-0.05, 0) is 0 Å². The van der Waals surface area contributed by atoms with Gasteiger partial charge in [-0.1, -0.05) is 0 Å². The van der Waals surface area contributed by atoms with Gasteiger partial charge >= 0.3 is 0 Å². The van der Waals surface area contributed by atoms with Crippen molar-refractivity contribution in [3.8, 4) is 0 Å². The molecule has 0 bridgehead atoms. The lowest BCUT2D eigenvalue weighted by atomic mass is 28.9. The maximum absolute atomic E-state index is 3.65. The summed E-state index contributed by atoms with van der Waals surface area (Å²) in [7, 11) is 18.5. The highest BCUT2D eigenvalue weighted by Gasteiger charge is 1.64. The van der Waals surface area contributed by atoms with Gasteiger partial charge < -0.3 is 64.6 Å². The number of hydrogen-bond donors (Lipinski definition) is 0. The van der Waals surface area contributed by atoms with E-state index in [-0.39, 0.29) is 21.0 Å². The highest BCUT2D eigenvalue weighted by molar-refractivity contribution is 9.04. The van der Waals surface area contributed by atoms with E-state index in [0.29, 0.717) is 0 Å². The largest absolute Gasteiger partial charge is 0.558 e. The lowest BCUT2D eigenvalue weighted by Gasteiger charge is -2.60. The van der Waals surface area contributed by atoms with Gasteiger partial charge in [0.25, 0.3) is 0 Å². The van der Waals surface area contributed by atoms with E-state index >= 15 is 0 Å². The van der Waals surface area contributed by atoms with E-state index in [9.17, 15) is 0 Å². The van der Waals surface area contributed by atoms with Gasteiger partial charge in [-0.3, -0.25) is 0 Å². The molecular formula is H6P9-5. The Bertz CT molecular complexity index is 62.4. The Morgan fingerprint density at radius 2 is 1.56 bits per heavy atom. The van der Waals surface area contributed by atoms with Gasteiger partial charge in [0, 0.05) is 0 Å². The van der Waals surface area contributed by atoms with Crippen molar-refractivity contribution in [1.82, 2.24) is 0 Å². The highest BCUT2D eigenvalue weighted by Crippen LogP contribution is 2.98. The summed E-state index contributed by atoms with van der Waals surface area (Å²) in [6.07, 6.45) is 0. The van der Waals surface area contributed by atoms with Crippen LogP contribution < -0.4 is 0 Å². The molecule has 3 unspecified atom stereocenters. The number of hydrogen-bond acceptors (Lipinski definition) is 0. The van der Waals surface area contributed by atoms with Crippen LogP contribution in [-0.4, -0.2) is 0 Å². The van der Waals surface area contributed by atoms with E-state index in [2.05, 4.69) is 44.6 Å². The fraction of sp³-hybridized carbons (Fsp3) is 0. The van der Waals surface area contributed by atoms with Crippen molar-refractivity contribution in [2.24, 2.45) is 0 Å². The third kappa shape index (κ3) is 8.21. The van der Waals surface area contributed by atoms with E-state index in [0.717, 1.165) is 0 Å². The first-order valence-electron chi connectivity index (χ1n) is 1.75. The molecule has 0 aliphatic carbocycles. The van der Waals surface area contributed by atoms with Crippen LogP contribution in [0.25, 0.3) is 0 Å². The molecular weight excluding hydrogens is 279 g/mol. The summed E-state index contributed by atoms with van der Waals surface area (Å²) in [6.45, 7) is -0.239. The Balaban J connectivity index is 3.38. The number of rotatable bonds is 3. The molecule has 0 amide bonds. The van der Waals surface area contributed by atoms with Gasteiger partial charge in [0.15, 0.2) is 0 Å². The summed E-state index contributed by atoms with van der Waals surface area (Å²) >= 11 is 0. The molecule has 56 valence electrons. The predicted octanol–water partition coefficient (Wildman–Crippen LogP) is 6.14. The second kappa shape index (κ2) is 7.29. The smallest absolute Gasteiger partial charge is 0.172 e. The van der Waals surface area contributed by atoms with Crippen LogP contribution in [-0.2, 0) is 0 Å². The zero-order chi connectivity index (χ0) is 7.44. The monoisotopic (exact) mass is 285 g/mol. The van der Waals surface area contributed by atoms with Crippen LogP contribution in [0.1, 0.15) is 0 Å². The molecule has 0 nitrogen and oxygen atoms in total. The molecule has 0 aliphatic rings. The SMILES string of the molecule is [PH-]P(P)[P-]P([PH-])P([PH-])[PH-]. The first-order chi connectivity index (χ1) is 4.04. The van der Waals surface area contributed by atoms with Crippen LogP contribution in [0.3, 0.4) is 0 Å². The summed E-state index contributed by atoms with van der Waals surface area (Å²) in [6, 6.07) is 0. The maximum Gasteiger partial charge on any atom is -0.172 e. The van der Waals surface area contributed by atoms with Crippen molar-refractivity contribution in [3.05, 3.63) is 0 Å². The summed E-state index contributed by atoms with van der Waals surface area (Å²) in [5.74, 6) is 0. The summed E-state index contributed by atoms with van der Waals surface area (Å²) in [5, 5.41) is 0. The molecule has 0 rings (SSSR count). The Hall–Kier alpha value is 3.87. The fourth-order valence-corrected chi connectivity index (χ4v) is 31.9. The second-order valence-corrected chi connectivity index (χ2v) is 28.0. The molecule has 0 saturated carbocycles. The zero-order valence-electron chi connectivity index (χ0n) is 4.37. The van der Waals surface area contributed by atoms with E-state index in [1.54, 1.807) is 0 Å². The van der Waals surface area contributed by atoms with Crippen molar-refractivity contribution in [2.75, 3.05) is 0 Å². The maximum atomic E-state index is 3.65. The standard InChI is InChI=1S/H6P9/c1-7(2)6-9(5)8(3)4/h1,3-5H,2H2/q-5. The van der Waals surface area contributed by atoms with Crippen LogP contribution in [0.2, 0.25) is 0 Å². The van der Waals surface area contributed by atoms with Crippen molar-refractivity contribution in [3.63, 3.8) is 0 Å². The average molecular weight is 285 g/mol. The van der Waals surface area contributed by atoms with Crippen LogP contribution in [0.5, 0.6) is 0 Å². The molecule has 0 heterocycles. The molecule has 0 N–H and O–H groups in total. The Morgan fingerprint density at radius 1 is 1.11 bits per heavy atom. The summed E-state index contributed by atoms with van der Waals surface area (Å²) in [5.41, 5.74) is 0. The summed E-state index contributed by atoms with van der Waals surface area (Å²) in [4.78, 5) is 0. The van der Waals surface area contributed by atoms with Crippen molar-refractivity contribution < 1.29 is 0 Å². The minimum atomic E-state index is -0.145. The van der Waals surface area contributed by atoms with Crippen molar-refractivity contribution in [1.29, 1.82) is 0 Å². The van der Waals surface area contributed by atoms with E-state index in [1.807, 2.05) is 0 Å². The van der Waals surface area contributed by atoms with Crippen LogP contribution in [0, 0.1) is 0 Å². The highest BCUT2D eigenvalue weighted by atomic mass is 33.1. The van der Waals surface area contributed by atoms with Crippen LogP contribution >= 0.6 is 73.6 Å². The van der Waals surface area contributed by atoms with Crippen molar-refractivity contribution in [2.45, 2.75) is 0 Å². The summed E-state index contributed by atoms with van der Waals surface area (Å²) < 4.78 is 0. The van der Waals surface area contributed by atoms with Gasteiger partial charge in [-0.2, -0.15) is 8.93 Å². The lowest BCUT2D eigenvalue weighted by molar-refractivity contribution is 4.80. The molecule has 9 heavy (non-hydrogen) atoms. The minimum Gasteiger partial charge on any atom is -0.558 e. The molecule has 0 aromatic carbocycles. The Morgan fingerprint density at radius 3 is 1.67 bits per heavy atom. The lowest BCUT2D eigenvalue weighted by Crippen LogP contribution is -1.25. The van der Waals surface area contributed by atoms with Crippen LogP contribution in [0.15, 0.2) is 0 Å². The van der Waals surface area contributed by atoms with E-state index in [4.69, 9.17) is 0 Å². The van der Waals surface area contributed by atoms with E-state index < -0.39 is 0 Å². The molecule has 0 radical (unpaired) electrons. The molecule has 3 atom stereocenters. The molecule has 0 saturated heterocycles. The molecule has 0 fully saturated rings. The van der Waals surface area contributed by atoms with Crippen LogP contribution in [0.4, 0.5) is 0 Å². The second-order valence-electron chi connectivity index (χ2n) is 1.04. The normalized spacial score (nSPS) is 19.3. The van der Waals surface area contributed by atoms with Gasteiger partial charge in [-0.25, -0.2) is 0 Å². The van der Waals surface area contributed by atoms with E-state index in [1.165, 1.54) is 7.96 Å². The van der Waals surface area contributed by atoms with Gasteiger partial charge in [0.2, 0.25) is 0 Å². The van der Waals surface area contributed by atoms with Gasteiger partial charge in [0.1, 0.15) is 0 Å². The fourth-order valence-electron chi connectivity index (χ4n) is 0.131. The van der Waals surface area contributed by atoms with Gasteiger partial charge in [-0.15, -0.1) is 0 Å². The third-order valence-electron chi connectivity index (χ3n) is 0.371. The molecule has 0 aliphatic heterocycles. The molecule has 0 spiro atoms. The molecule has 9 heteroatoms. The van der Waals surface area contributed by atoms with Crippen molar-refractivity contribution >= 4 is 73.6 Å². The molecule has 0 aromatic heterocycles. The zero-order valence-corrected chi connectivity index (χ0v) is 13.1. The predicted molar refractivity (Wildman–Crippen MR) is 70.6 cm³/mol. The minimum absolute atomic E-state index is 0.0437.